The molecule has 1 fully saturated rings. The van der Waals surface area contributed by atoms with Gasteiger partial charge in [-0.2, -0.15) is 13.2 Å². The summed E-state index contributed by atoms with van der Waals surface area (Å²) >= 11 is 0. The fourth-order valence-corrected chi connectivity index (χ4v) is 6.67. The molecule has 0 saturated heterocycles. The summed E-state index contributed by atoms with van der Waals surface area (Å²) in [6, 6.07) is 11.3. The number of primary amides is 1. The number of aromatic nitrogens is 1. The first-order chi connectivity index (χ1) is 27.0. The predicted molar refractivity (Wildman–Crippen MR) is 220 cm³/mol. The number of benzene rings is 2. The molecule has 1 heterocycles. The molecule has 1 atom stereocenters. The van der Waals surface area contributed by atoms with E-state index in [1.54, 1.807) is 20.8 Å². The summed E-state index contributed by atoms with van der Waals surface area (Å²) < 4.78 is 46.1. The van der Waals surface area contributed by atoms with E-state index >= 15 is 0 Å². The number of fused-ring (bicyclic) bond motifs is 1. The maximum atomic E-state index is 13.6. The number of hydrogen-bond donors (Lipinski definition) is 6. The third kappa shape index (κ3) is 16.4. The van der Waals surface area contributed by atoms with Crippen molar-refractivity contribution in [1.29, 1.82) is 0 Å². The van der Waals surface area contributed by atoms with Crippen LogP contribution in [0.3, 0.4) is 0 Å². The van der Waals surface area contributed by atoms with Crippen molar-refractivity contribution in [2.45, 2.75) is 116 Å². The molecule has 0 radical (unpaired) electrons. The Balaban J connectivity index is 0.000000515. The van der Waals surface area contributed by atoms with E-state index in [1.807, 2.05) is 30.5 Å². The van der Waals surface area contributed by atoms with Crippen molar-refractivity contribution in [3.63, 3.8) is 0 Å². The molecule has 1 aliphatic carbocycles. The molecule has 1 saturated carbocycles. The summed E-state index contributed by atoms with van der Waals surface area (Å²) in [5.41, 5.74) is 6.25. The molecule has 0 aliphatic heterocycles. The van der Waals surface area contributed by atoms with E-state index in [0.717, 1.165) is 42.5 Å². The zero-order valence-corrected chi connectivity index (χ0v) is 33.6. The topological polar surface area (TPSA) is 167 Å². The number of carbonyl (C=O) groups excluding carboxylic acids is 4. The quantitative estimate of drug-likeness (QED) is 0.0589. The van der Waals surface area contributed by atoms with Crippen LogP contribution in [0.5, 0.6) is 0 Å². The van der Waals surface area contributed by atoms with Crippen LogP contribution in [0.4, 0.5) is 29.3 Å². The van der Waals surface area contributed by atoms with Crippen LogP contribution in [0, 0.1) is 5.92 Å². The van der Waals surface area contributed by atoms with Crippen LogP contribution in [0.1, 0.15) is 103 Å². The van der Waals surface area contributed by atoms with Gasteiger partial charge in [0.25, 0.3) is 0 Å². The van der Waals surface area contributed by atoms with Gasteiger partial charge in [0.2, 0.25) is 17.7 Å². The second-order valence-corrected chi connectivity index (χ2v) is 15.2. The van der Waals surface area contributed by atoms with Gasteiger partial charge in [-0.05, 0) is 88.6 Å². The Morgan fingerprint density at radius 1 is 1.02 bits per heavy atom. The number of rotatable bonds is 17. The number of carbonyl (C=O) groups is 4. The number of aryl methyl sites for hydroxylation is 1. The standard InChI is InChI=1S/C32H47F3N4O4.C11H12N2O/c1-6-12-25(32(33,34)35)24-18-17-23(21-27(24)36-5)38-29(41)26(15-10-11-20-37-30(42)43-31(2,3)4)39-28(40)19-16-22-13-8-7-9-14-22;12-11(14)6-5-8-7-13-10-4-2-1-3-9(8)10/h6,12,17-18,21-22,26,36H,1,7-11,13-16,19-20H2,2-5H3,(H,37,42)(H,38,41)(H,39,40);1-4,7,13H,5-6H2,(H2,12,14)/b25-12+;. The molecule has 4 amide bonds. The molecule has 14 heteroatoms. The Kier molecular flexibility index (Phi) is 18.2. The van der Waals surface area contributed by atoms with Gasteiger partial charge in [-0.3, -0.25) is 14.4 Å². The van der Waals surface area contributed by atoms with Crippen molar-refractivity contribution < 1.29 is 37.1 Å². The smallest absolute Gasteiger partial charge is 0.417 e. The van der Waals surface area contributed by atoms with Crippen molar-refractivity contribution in [3.05, 3.63) is 78.5 Å². The molecule has 1 aliphatic rings. The average molecular weight is 797 g/mol. The van der Waals surface area contributed by atoms with Crippen molar-refractivity contribution in [3.8, 4) is 0 Å². The highest BCUT2D eigenvalue weighted by atomic mass is 19.4. The Bertz CT molecular complexity index is 1830. The van der Waals surface area contributed by atoms with Gasteiger partial charge in [-0.25, -0.2) is 4.79 Å². The SMILES string of the molecule is C=C/C=C(\c1ccc(NC(=O)C(CCCCNC(=O)OC(C)(C)C)NC(=O)CCC2CCCCC2)cc1NC)C(F)(F)F.NC(=O)CCc1c[nH]c2ccccc12. The summed E-state index contributed by atoms with van der Waals surface area (Å²) in [5, 5.41) is 12.2. The molecule has 312 valence electrons. The number of nitrogens with one attached hydrogen (secondary N) is 5. The molecular formula is C43H59F3N6O5. The lowest BCUT2D eigenvalue weighted by molar-refractivity contribution is -0.126. The number of H-pyrrole nitrogens is 1. The molecule has 11 nitrogen and oxygen atoms in total. The van der Waals surface area contributed by atoms with Gasteiger partial charge in [0.05, 0.1) is 5.57 Å². The fraction of sp³-hybridized carbons (Fsp3) is 0.488. The molecule has 2 aromatic carbocycles. The van der Waals surface area contributed by atoms with E-state index in [-0.39, 0.29) is 28.8 Å². The molecule has 1 unspecified atom stereocenters. The molecule has 0 spiro atoms. The number of nitrogens with two attached hydrogens (primary N) is 1. The average Bonchev–Trinajstić information content (AvgIpc) is 3.57. The Hall–Kier alpha value is -5.27. The van der Waals surface area contributed by atoms with Gasteiger partial charge in [0, 0.05) is 60.5 Å². The normalized spacial score (nSPS) is 14.1. The number of anilines is 2. The van der Waals surface area contributed by atoms with Gasteiger partial charge in [0.15, 0.2) is 0 Å². The monoisotopic (exact) mass is 796 g/mol. The molecule has 1 aromatic heterocycles. The van der Waals surface area contributed by atoms with Crippen molar-refractivity contribution in [1.82, 2.24) is 15.6 Å². The second-order valence-electron chi connectivity index (χ2n) is 15.2. The van der Waals surface area contributed by atoms with Crippen molar-refractivity contribution >= 4 is 51.7 Å². The predicted octanol–water partition coefficient (Wildman–Crippen LogP) is 8.92. The van der Waals surface area contributed by atoms with Crippen LogP contribution in [-0.2, 0) is 25.5 Å². The number of amides is 4. The van der Waals surface area contributed by atoms with E-state index in [9.17, 15) is 32.3 Å². The number of ether oxygens (including phenoxy) is 1. The van der Waals surface area contributed by atoms with Crippen LogP contribution >= 0.6 is 0 Å². The summed E-state index contributed by atoms with van der Waals surface area (Å²) in [6.45, 7) is 9.03. The van der Waals surface area contributed by atoms with Gasteiger partial charge < -0.3 is 36.7 Å². The largest absolute Gasteiger partial charge is 0.444 e. The zero-order chi connectivity index (χ0) is 42.0. The highest BCUT2D eigenvalue weighted by molar-refractivity contribution is 5.98. The van der Waals surface area contributed by atoms with Crippen LogP contribution in [0.15, 0.2) is 67.4 Å². The summed E-state index contributed by atoms with van der Waals surface area (Å²) in [7, 11) is 1.49. The second kappa shape index (κ2) is 22.5. The number of alkyl carbamates (subject to hydrolysis) is 1. The molecule has 57 heavy (non-hydrogen) atoms. The van der Waals surface area contributed by atoms with Gasteiger partial charge in [-0.1, -0.05) is 69.0 Å². The van der Waals surface area contributed by atoms with E-state index in [4.69, 9.17) is 10.5 Å². The van der Waals surface area contributed by atoms with Crippen molar-refractivity contribution in [2.24, 2.45) is 11.7 Å². The fourth-order valence-electron chi connectivity index (χ4n) is 6.67. The minimum Gasteiger partial charge on any atom is -0.444 e. The Labute approximate surface area is 333 Å². The van der Waals surface area contributed by atoms with Gasteiger partial charge >= 0.3 is 12.3 Å². The molecule has 3 aromatic rings. The molecule has 7 N–H and O–H groups in total. The minimum atomic E-state index is -4.60. The molecule has 4 rings (SSSR count). The number of hydrogen-bond acceptors (Lipinski definition) is 6. The summed E-state index contributed by atoms with van der Waals surface area (Å²) in [5.74, 6) is -0.428. The highest BCUT2D eigenvalue weighted by Crippen LogP contribution is 2.38. The number of allylic oxidation sites excluding steroid dienone is 3. The minimum absolute atomic E-state index is 0.0852. The Morgan fingerprint density at radius 3 is 2.39 bits per heavy atom. The van der Waals surface area contributed by atoms with E-state index in [2.05, 4.69) is 32.8 Å². The molecular weight excluding hydrogens is 738 g/mol. The molecule has 0 bridgehead atoms. The van der Waals surface area contributed by atoms with E-state index in [1.165, 1.54) is 49.9 Å². The lowest BCUT2D eigenvalue weighted by Crippen LogP contribution is -2.44. The van der Waals surface area contributed by atoms with Gasteiger partial charge in [0.1, 0.15) is 11.6 Å². The number of alkyl halides is 3. The van der Waals surface area contributed by atoms with Crippen molar-refractivity contribution in [2.75, 3.05) is 24.2 Å². The summed E-state index contributed by atoms with van der Waals surface area (Å²) in [6.07, 6.45) is 8.18. The Morgan fingerprint density at radius 2 is 1.74 bits per heavy atom. The van der Waals surface area contributed by atoms with Crippen LogP contribution in [-0.4, -0.2) is 60.2 Å². The first-order valence-electron chi connectivity index (χ1n) is 19.6. The van der Waals surface area contributed by atoms with Crippen LogP contribution in [0.25, 0.3) is 16.5 Å². The first kappa shape index (κ1) is 46.1. The third-order valence-electron chi connectivity index (χ3n) is 9.50. The maximum absolute atomic E-state index is 13.6. The number of unbranched alkanes of at least 4 members (excludes halogenated alkanes) is 1. The van der Waals surface area contributed by atoms with E-state index < -0.39 is 35.4 Å². The third-order valence-corrected chi connectivity index (χ3v) is 9.50. The van der Waals surface area contributed by atoms with E-state index in [0.29, 0.717) is 51.0 Å². The van der Waals surface area contributed by atoms with Crippen LogP contribution in [0.2, 0.25) is 0 Å². The van der Waals surface area contributed by atoms with Crippen LogP contribution < -0.4 is 27.0 Å². The first-order valence-corrected chi connectivity index (χ1v) is 19.6. The number of halogens is 3. The lowest BCUT2D eigenvalue weighted by Gasteiger charge is -2.23. The highest BCUT2D eigenvalue weighted by Gasteiger charge is 2.35. The number of para-hydroxylation sites is 1. The summed E-state index contributed by atoms with van der Waals surface area (Å²) in [4.78, 5) is 51.9. The zero-order valence-electron chi connectivity index (χ0n) is 33.6. The van der Waals surface area contributed by atoms with Gasteiger partial charge in [-0.15, -0.1) is 0 Å². The maximum Gasteiger partial charge on any atom is 0.417 e. The number of aromatic amines is 1. The lowest BCUT2D eigenvalue weighted by atomic mass is 9.86.